The van der Waals surface area contributed by atoms with E-state index in [2.05, 4.69) is 9.80 Å². The van der Waals surface area contributed by atoms with Gasteiger partial charge < -0.3 is 5.11 Å². The summed E-state index contributed by atoms with van der Waals surface area (Å²) in [6, 6.07) is 6.06. The number of hydrogen-bond acceptors (Lipinski definition) is 3. The first kappa shape index (κ1) is 13.2. The summed E-state index contributed by atoms with van der Waals surface area (Å²) in [6.45, 7) is 5.48. The van der Waals surface area contributed by atoms with Crippen LogP contribution in [-0.2, 0) is 6.54 Å². The molecule has 104 valence electrons. The molecule has 1 unspecified atom stereocenters. The summed E-state index contributed by atoms with van der Waals surface area (Å²) in [7, 11) is 0. The second-order valence-electron chi connectivity index (χ2n) is 5.66. The average Bonchev–Trinajstić information content (AvgIpc) is 3.04. The fraction of sp³-hybridized carbons (Fsp3) is 0.600. The summed E-state index contributed by atoms with van der Waals surface area (Å²) < 4.78 is 0. The zero-order valence-corrected chi connectivity index (χ0v) is 11.9. The Labute approximate surface area is 119 Å². The van der Waals surface area contributed by atoms with E-state index in [4.69, 9.17) is 11.6 Å². The van der Waals surface area contributed by atoms with E-state index in [-0.39, 0.29) is 0 Å². The molecule has 1 N–H and O–H groups in total. The number of likely N-dealkylation sites (tertiary alicyclic amines) is 2. The van der Waals surface area contributed by atoms with Crippen LogP contribution < -0.4 is 0 Å². The highest BCUT2D eigenvalue weighted by atomic mass is 35.5. The van der Waals surface area contributed by atoms with Crippen molar-refractivity contribution in [1.29, 1.82) is 0 Å². The lowest BCUT2D eigenvalue weighted by atomic mass is 10.2. The molecule has 1 atom stereocenters. The Hall–Kier alpha value is -0.770. The van der Waals surface area contributed by atoms with Crippen molar-refractivity contribution < 1.29 is 5.11 Å². The minimum atomic E-state index is 0.317. The number of benzene rings is 1. The second-order valence-corrected chi connectivity index (χ2v) is 6.07. The molecule has 0 aromatic heterocycles. The molecule has 2 aliphatic rings. The summed E-state index contributed by atoms with van der Waals surface area (Å²) in [5.41, 5.74) is 0.867. The second kappa shape index (κ2) is 5.70. The Balaban J connectivity index is 1.62. The van der Waals surface area contributed by atoms with E-state index in [9.17, 15) is 5.11 Å². The molecule has 2 fully saturated rings. The van der Waals surface area contributed by atoms with Crippen LogP contribution in [-0.4, -0.2) is 47.1 Å². The summed E-state index contributed by atoms with van der Waals surface area (Å²) in [5.74, 6) is 0.317. The average molecular weight is 281 g/mol. The third-order valence-corrected chi connectivity index (χ3v) is 4.73. The predicted molar refractivity (Wildman–Crippen MR) is 77.6 cm³/mol. The van der Waals surface area contributed by atoms with Gasteiger partial charge in [-0.05, 0) is 44.5 Å². The van der Waals surface area contributed by atoms with Crippen molar-refractivity contribution in [1.82, 2.24) is 9.80 Å². The molecule has 0 saturated carbocycles. The number of rotatable bonds is 3. The van der Waals surface area contributed by atoms with Crippen LogP contribution >= 0.6 is 11.6 Å². The molecule has 4 heteroatoms. The lowest BCUT2D eigenvalue weighted by Gasteiger charge is -2.24. The maximum atomic E-state index is 9.91. The molecule has 1 aromatic carbocycles. The largest absolute Gasteiger partial charge is 0.508 e. The van der Waals surface area contributed by atoms with Gasteiger partial charge in [-0.15, -0.1) is 0 Å². The zero-order chi connectivity index (χ0) is 13.2. The van der Waals surface area contributed by atoms with Crippen molar-refractivity contribution in [2.45, 2.75) is 31.8 Å². The van der Waals surface area contributed by atoms with Crippen LogP contribution in [0.2, 0.25) is 5.02 Å². The van der Waals surface area contributed by atoms with E-state index < -0.39 is 0 Å². The van der Waals surface area contributed by atoms with Crippen LogP contribution in [0.25, 0.3) is 0 Å². The third kappa shape index (κ3) is 2.88. The molecule has 0 spiro atoms. The molecule has 2 heterocycles. The van der Waals surface area contributed by atoms with E-state index in [0.717, 1.165) is 25.2 Å². The molecule has 0 aliphatic carbocycles. The van der Waals surface area contributed by atoms with Crippen molar-refractivity contribution in [3.05, 3.63) is 28.8 Å². The first-order valence-electron chi connectivity index (χ1n) is 7.17. The fourth-order valence-corrected chi connectivity index (χ4v) is 3.52. The van der Waals surface area contributed by atoms with Gasteiger partial charge in [-0.2, -0.15) is 0 Å². The van der Waals surface area contributed by atoms with Gasteiger partial charge in [0.05, 0.1) is 0 Å². The highest BCUT2D eigenvalue weighted by molar-refractivity contribution is 6.31. The predicted octanol–water partition coefficient (Wildman–Crippen LogP) is 2.72. The summed E-state index contributed by atoms with van der Waals surface area (Å²) in [6.07, 6.45) is 3.94. The fourth-order valence-electron chi connectivity index (χ4n) is 3.29. The highest BCUT2D eigenvalue weighted by Crippen LogP contribution is 2.29. The Morgan fingerprint density at radius 1 is 1.21 bits per heavy atom. The number of nitrogens with zero attached hydrogens (tertiary/aromatic N) is 2. The van der Waals surface area contributed by atoms with Crippen LogP contribution in [0.5, 0.6) is 5.75 Å². The summed E-state index contributed by atoms with van der Waals surface area (Å²) in [4.78, 5) is 5.02. The molecule has 3 rings (SSSR count). The van der Waals surface area contributed by atoms with Crippen molar-refractivity contribution in [3.63, 3.8) is 0 Å². The van der Waals surface area contributed by atoms with Crippen molar-refractivity contribution >= 4 is 11.6 Å². The highest BCUT2D eigenvalue weighted by Gasteiger charge is 2.29. The zero-order valence-electron chi connectivity index (χ0n) is 11.2. The minimum Gasteiger partial charge on any atom is -0.508 e. The molecular weight excluding hydrogens is 260 g/mol. The number of halogens is 1. The van der Waals surface area contributed by atoms with Gasteiger partial charge in [0.2, 0.25) is 0 Å². The quantitative estimate of drug-likeness (QED) is 0.922. The van der Waals surface area contributed by atoms with Crippen LogP contribution in [0.1, 0.15) is 24.8 Å². The van der Waals surface area contributed by atoms with Crippen LogP contribution in [0, 0.1) is 0 Å². The summed E-state index contributed by atoms with van der Waals surface area (Å²) >= 11 is 6.17. The molecule has 19 heavy (non-hydrogen) atoms. The van der Waals surface area contributed by atoms with Crippen molar-refractivity contribution in [2.75, 3.05) is 26.2 Å². The van der Waals surface area contributed by atoms with Crippen LogP contribution in [0.3, 0.4) is 0 Å². The number of hydrogen-bond donors (Lipinski definition) is 1. The molecular formula is C15H21ClN2O. The van der Waals surface area contributed by atoms with E-state index >= 15 is 0 Å². The minimum absolute atomic E-state index is 0.317. The molecule has 2 aliphatic heterocycles. The van der Waals surface area contributed by atoms with Gasteiger partial charge in [-0.1, -0.05) is 17.7 Å². The molecule has 0 amide bonds. The topological polar surface area (TPSA) is 26.7 Å². The number of aromatic hydroxyl groups is 1. The molecule has 1 aromatic rings. The lowest BCUT2D eigenvalue weighted by Crippen LogP contribution is -2.35. The maximum absolute atomic E-state index is 9.91. The van der Waals surface area contributed by atoms with Gasteiger partial charge >= 0.3 is 0 Å². The molecule has 0 bridgehead atoms. The van der Waals surface area contributed by atoms with E-state index in [1.807, 2.05) is 6.07 Å². The molecule has 3 nitrogen and oxygen atoms in total. The first-order chi connectivity index (χ1) is 9.24. The van der Waals surface area contributed by atoms with Gasteiger partial charge in [-0.3, -0.25) is 9.80 Å². The Morgan fingerprint density at radius 2 is 2.00 bits per heavy atom. The molecule has 0 radical (unpaired) electrons. The van der Waals surface area contributed by atoms with Gasteiger partial charge in [0.1, 0.15) is 5.75 Å². The van der Waals surface area contributed by atoms with E-state index in [0.29, 0.717) is 16.8 Å². The standard InChI is InChI=1S/C15H21ClN2O/c16-14-4-3-5-15(19)13(14)11-17-9-6-12(10-17)18-7-1-2-8-18/h3-5,12,19H,1-2,6-11H2. The normalized spacial score (nSPS) is 25.2. The van der Waals surface area contributed by atoms with E-state index in [1.165, 1.54) is 32.4 Å². The summed E-state index contributed by atoms with van der Waals surface area (Å²) in [5, 5.41) is 10.6. The molecule has 2 saturated heterocycles. The Bertz CT molecular complexity index is 426. The third-order valence-electron chi connectivity index (χ3n) is 4.38. The van der Waals surface area contributed by atoms with Crippen LogP contribution in [0.15, 0.2) is 18.2 Å². The smallest absolute Gasteiger partial charge is 0.121 e. The monoisotopic (exact) mass is 280 g/mol. The Kier molecular flexibility index (Phi) is 3.96. The first-order valence-corrected chi connectivity index (χ1v) is 7.54. The van der Waals surface area contributed by atoms with Gasteiger partial charge in [0.15, 0.2) is 0 Å². The van der Waals surface area contributed by atoms with Crippen molar-refractivity contribution in [2.24, 2.45) is 0 Å². The maximum Gasteiger partial charge on any atom is 0.121 e. The van der Waals surface area contributed by atoms with Gasteiger partial charge in [0, 0.05) is 36.3 Å². The van der Waals surface area contributed by atoms with Crippen LogP contribution in [0.4, 0.5) is 0 Å². The number of phenolic OH excluding ortho intramolecular Hbond substituents is 1. The van der Waals surface area contributed by atoms with E-state index in [1.54, 1.807) is 12.1 Å². The van der Waals surface area contributed by atoms with Gasteiger partial charge in [0.25, 0.3) is 0 Å². The lowest BCUT2D eigenvalue weighted by molar-refractivity contribution is 0.229. The van der Waals surface area contributed by atoms with Gasteiger partial charge in [-0.25, -0.2) is 0 Å². The SMILES string of the molecule is Oc1cccc(Cl)c1CN1CCC(N2CCCC2)C1. The van der Waals surface area contributed by atoms with Crippen molar-refractivity contribution in [3.8, 4) is 5.75 Å². The number of phenols is 1. The Morgan fingerprint density at radius 3 is 2.74 bits per heavy atom.